The molecule has 0 aliphatic heterocycles. The van der Waals surface area contributed by atoms with Gasteiger partial charge < -0.3 is 15.6 Å². The van der Waals surface area contributed by atoms with Crippen LogP contribution in [0.2, 0.25) is 0 Å². The van der Waals surface area contributed by atoms with Crippen LogP contribution in [0.1, 0.15) is 34.1 Å². The molecule has 4 aromatic rings. The molecule has 2 heterocycles. The minimum absolute atomic E-state index is 0.253. The van der Waals surface area contributed by atoms with Crippen molar-refractivity contribution in [2.24, 2.45) is 0 Å². The zero-order chi connectivity index (χ0) is 20.9. The van der Waals surface area contributed by atoms with Crippen LogP contribution >= 0.6 is 0 Å². The molecule has 0 atom stereocenters. The third-order valence-electron chi connectivity index (χ3n) is 5.24. The highest BCUT2D eigenvalue weighted by Gasteiger charge is 2.12. The molecule has 0 aliphatic carbocycles. The van der Waals surface area contributed by atoms with Gasteiger partial charge in [0.15, 0.2) is 0 Å². The number of hydrogen-bond donors (Lipinski definition) is 3. The van der Waals surface area contributed by atoms with E-state index in [1.165, 1.54) is 17.1 Å². The molecule has 4 rings (SSSR count). The molecule has 0 spiro atoms. The highest BCUT2D eigenvalue weighted by Crippen LogP contribution is 2.22. The number of carbonyl (C=O) groups excluding carboxylic acids is 1. The Kier molecular flexibility index (Phi) is 5.75. The number of amides is 1. The van der Waals surface area contributed by atoms with Gasteiger partial charge in [0.25, 0.3) is 5.91 Å². The number of aryl methyl sites for hydroxylation is 2. The Bertz CT molecular complexity index is 1160. The number of anilines is 2. The van der Waals surface area contributed by atoms with E-state index in [2.05, 4.69) is 44.6 Å². The monoisotopic (exact) mass is 399 g/mol. The smallest absolute Gasteiger partial charge is 0.275 e. The zero-order valence-corrected chi connectivity index (χ0v) is 17.2. The summed E-state index contributed by atoms with van der Waals surface area (Å²) in [6.07, 6.45) is 6.86. The van der Waals surface area contributed by atoms with Crippen LogP contribution in [0, 0.1) is 6.92 Å². The lowest BCUT2D eigenvalue weighted by atomic mass is 10.1. The van der Waals surface area contributed by atoms with Gasteiger partial charge in [-0.2, -0.15) is 0 Å². The number of H-pyrrole nitrogens is 1. The molecule has 6 heteroatoms. The van der Waals surface area contributed by atoms with Gasteiger partial charge in [-0.15, -0.1) is 0 Å². The first kappa shape index (κ1) is 19.6. The van der Waals surface area contributed by atoms with Crippen LogP contribution in [0.4, 0.5) is 11.5 Å². The Balaban J connectivity index is 1.36. The van der Waals surface area contributed by atoms with Crippen molar-refractivity contribution in [1.29, 1.82) is 0 Å². The van der Waals surface area contributed by atoms with Crippen LogP contribution in [0.5, 0.6) is 0 Å². The largest absolute Gasteiger partial charge is 0.368 e. The van der Waals surface area contributed by atoms with Gasteiger partial charge >= 0.3 is 0 Å². The Morgan fingerprint density at radius 1 is 1.03 bits per heavy atom. The summed E-state index contributed by atoms with van der Waals surface area (Å²) in [7, 11) is 0. The summed E-state index contributed by atoms with van der Waals surface area (Å²) < 4.78 is 0. The lowest BCUT2D eigenvalue weighted by Gasteiger charge is -2.12. The molecule has 0 fully saturated rings. The fourth-order valence-corrected chi connectivity index (χ4v) is 3.58. The minimum atomic E-state index is -0.253. The van der Waals surface area contributed by atoms with Crippen LogP contribution in [0.15, 0.2) is 61.1 Å². The van der Waals surface area contributed by atoms with E-state index in [0.717, 1.165) is 41.7 Å². The van der Waals surface area contributed by atoms with E-state index in [1.807, 2.05) is 43.5 Å². The summed E-state index contributed by atoms with van der Waals surface area (Å²) in [4.78, 5) is 24.5. The number of rotatable bonds is 7. The van der Waals surface area contributed by atoms with E-state index in [-0.39, 0.29) is 5.91 Å². The Morgan fingerprint density at radius 2 is 1.90 bits per heavy atom. The van der Waals surface area contributed by atoms with Crippen LogP contribution in [0.3, 0.4) is 0 Å². The zero-order valence-electron chi connectivity index (χ0n) is 17.2. The summed E-state index contributed by atoms with van der Waals surface area (Å²) >= 11 is 0. The number of aromatic amines is 1. The molecule has 0 bridgehead atoms. The SMILES string of the molecule is CCc1cccc(C)c1NC(=O)c1cnc(NCCc2c[nH]c3ccccc23)cn1. The second-order valence-electron chi connectivity index (χ2n) is 7.24. The van der Waals surface area contributed by atoms with Crippen LogP contribution < -0.4 is 10.6 Å². The molecule has 6 nitrogen and oxygen atoms in total. The van der Waals surface area contributed by atoms with Gasteiger partial charge in [-0.1, -0.05) is 43.3 Å². The first-order valence-electron chi connectivity index (χ1n) is 10.2. The summed E-state index contributed by atoms with van der Waals surface area (Å²) in [6, 6.07) is 14.3. The molecule has 2 aromatic carbocycles. The van der Waals surface area contributed by atoms with Crippen molar-refractivity contribution in [3.8, 4) is 0 Å². The Hall–Kier alpha value is -3.67. The number of carbonyl (C=O) groups is 1. The van der Waals surface area contributed by atoms with E-state index in [1.54, 1.807) is 6.20 Å². The van der Waals surface area contributed by atoms with Gasteiger partial charge in [0.05, 0.1) is 12.4 Å². The van der Waals surface area contributed by atoms with Crippen LogP contribution in [0.25, 0.3) is 10.9 Å². The standard InChI is InChI=1S/C24H25N5O/c1-3-17-8-6-7-16(2)23(17)29-24(30)21-14-28-22(15-27-21)25-12-11-18-13-26-20-10-5-4-9-19(18)20/h4-10,13-15,26H,3,11-12H2,1-2H3,(H,25,28)(H,29,30). The van der Waals surface area contributed by atoms with Gasteiger partial charge in [0.2, 0.25) is 0 Å². The van der Waals surface area contributed by atoms with Crippen molar-refractivity contribution in [3.63, 3.8) is 0 Å². The molecule has 0 unspecified atom stereocenters. The van der Waals surface area contributed by atoms with Crippen molar-refractivity contribution >= 4 is 28.3 Å². The molecule has 3 N–H and O–H groups in total. The Morgan fingerprint density at radius 3 is 2.70 bits per heavy atom. The number of nitrogens with zero attached hydrogens (tertiary/aromatic N) is 2. The van der Waals surface area contributed by atoms with Crippen molar-refractivity contribution in [2.45, 2.75) is 26.7 Å². The lowest BCUT2D eigenvalue weighted by molar-refractivity contribution is 0.102. The minimum Gasteiger partial charge on any atom is -0.368 e. The number of benzene rings is 2. The van der Waals surface area contributed by atoms with E-state index in [4.69, 9.17) is 0 Å². The van der Waals surface area contributed by atoms with E-state index >= 15 is 0 Å². The van der Waals surface area contributed by atoms with E-state index < -0.39 is 0 Å². The van der Waals surface area contributed by atoms with E-state index in [0.29, 0.717) is 11.5 Å². The number of hydrogen-bond acceptors (Lipinski definition) is 4. The lowest BCUT2D eigenvalue weighted by Crippen LogP contribution is -2.16. The normalized spacial score (nSPS) is 10.9. The number of fused-ring (bicyclic) bond motifs is 1. The fraction of sp³-hybridized carbons (Fsp3) is 0.208. The molecule has 1 amide bonds. The maximum Gasteiger partial charge on any atom is 0.275 e. The third-order valence-corrected chi connectivity index (χ3v) is 5.24. The van der Waals surface area contributed by atoms with E-state index in [9.17, 15) is 4.79 Å². The highest BCUT2D eigenvalue weighted by atomic mass is 16.1. The molecule has 2 aromatic heterocycles. The molecule has 0 aliphatic rings. The van der Waals surface area contributed by atoms with Crippen LogP contribution in [-0.4, -0.2) is 27.4 Å². The van der Waals surface area contributed by atoms with Gasteiger partial charge in [-0.25, -0.2) is 9.97 Å². The van der Waals surface area contributed by atoms with Crippen molar-refractivity contribution < 1.29 is 4.79 Å². The van der Waals surface area contributed by atoms with Crippen molar-refractivity contribution in [2.75, 3.05) is 17.2 Å². The molecule has 0 radical (unpaired) electrons. The van der Waals surface area contributed by atoms with Gasteiger partial charge in [0, 0.05) is 29.3 Å². The summed E-state index contributed by atoms with van der Waals surface area (Å²) in [6.45, 7) is 4.79. The van der Waals surface area contributed by atoms with Crippen molar-refractivity contribution in [3.05, 3.63) is 83.4 Å². The second kappa shape index (κ2) is 8.78. The predicted octanol–water partition coefficient (Wildman–Crippen LogP) is 4.74. The van der Waals surface area contributed by atoms with Crippen LogP contribution in [-0.2, 0) is 12.8 Å². The summed E-state index contributed by atoms with van der Waals surface area (Å²) in [5.41, 5.74) is 5.68. The third kappa shape index (κ3) is 4.17. The molecule has 0 saturated heterocycles. The molecule has 30 heavy (non-hydrogen) atoms. The first-order chi connectivity index (χ1) is 14.7. The maximum absolute atomic E-state index is 12.6. The first-order valence-corrected chi connectivity index (χ1v) is 10.2. The quantitative estimate of drug-likeness (QED) is 0.419. The summed E-state index contributed by atoms with van der Waals surface area (Å²) in [5.74, 6) is 0.397. The second-order valence-corrected chi connectivity index (χ2v) is 7.24. The number of para-hydroxylation sites is 2. The predicted molar refractivity (Wildman–Crippen MR) is 121 cm³/mol. The van der Waals surface area contributed by atoms with Gasteiger partial charge in [-0.3, -0.25) is 4.79 Å². The molecular weight excluding hydrogens is 374 g/mol. The highest BCUT2D eigenvalue weighted by molar-refractivity contribution is 6.03. The molecule has 0 saturated carbocycles. The fourth-order valence-electron chi connectivity index (χ4n) is 3.58. The van der Waals surface area contributed by atoms with Crippen molar-refractivity contribution in [1.82, 2.24) is 15.0 Å². The molecular formula is C24H25N5O. The Labute approximate surface area is 175 Å². The summed E-state index contributed by atoms with van der Waals surface area (Å²) in [5, 5.41) is 7.49. The number of nitrogens with one attached hydrogen (secondary N) is 3. The maximum atomic E-state index is 12.6. The molecule has 152 valence electrons. The van der Waals surface area contributed by atoms with Gasteiger partial charge in [-0.05, 0) is 42.5 Å². The number of aromatic nitrogens is 3. The average molecular weight is 399 g/mol. The van der Waals surface area contributed by atoms with Gasteiger partial charge in [0.1, 0.15) is 11.5 Å². The topological polar surface area (TPSA) is 82.7 Å². The average Bonchev–Trinajstić information content (AvgIpc) is 3.19.